The van der Waals surface area contributed by atoms with Gasteiger partial charge in [-0.25, -0.2) is 4.79 Å². The molecule has 2 aromatic rings. The molecule has 3 aliphatic heterocycles. The number of piperazine rings is 1. The van der Waals surface area contributed by atoms with E-state index in [4.69, 9.17) is 9.84 Å². The minimum absolute atomic E-state index is 0.00334. The Kier molecular flexibility index (Phi) is 6.59. The summed E-state index contributed by atoms with van der Waals surface area (Å²) in [7, 11) is 0. The van der Waals surface area contributed by atoms with E-state index in [1.54, 1.807) is 24.3 Å². The van der Waals surface area contributed by atoms with Crippen LogP contribution < -0.4 is 4.74 Å². The molecule has 9 nitrogen and oxygen atoms in total. The minimum atomic E-state index is -0.924. The van der Waals surface area contributed by atoms with Gasteiger partial charge in [-0.2, -0.15) is 0 Å². The maximum Gasteiger partial charge on any atom is 0.407 e. The van der Waals surface area contributed by atoms with Crippen molar-refractivity contribution in [3.8, 4) is 5.75 Å². The van der Waals surface area contributed by atoms with Gasteiger partial charge in [-0.3, -0.25) is 14.5 Å². The molecule has 2 aromatic carbocycles. The van der Waals surface area contributed by atoms with Crippen molar-refractivity contribution < 1.29 is 24.2 Å². The van der Waals surface area contributed by atoms with E-state index in [0.717, 1.165) is 18.7 Å². The van der Waals surface area contributed by atoms with Gasteiger partial charge in [-0.1, -0.05) is 18.2 Å². The first-order chi connectivity index (χ1) is 17.0. The minimum Gasteiger partial charge on any atom is -0.489 e. The lowest BCUT2D eigenvalue weighted by Crippen LogP contribution is -2.64. The van der Waals surface area contributed by atoms with Gasteiger partial charge in [0, 0.05) is 69.4 Å². The van der Waals surface area contributed by atoms with Crippen LogP contribution in [0.4, 0.5) is 4.79 Å². The maximum atomic E-state index is 12.9. The van der Waals surface area contributed by atoms with Crippen molar-refractivity contribution in [1.29, 1.82) is 0 Å². The lowest BCUT2D eigenvalue weighted by atomic mass is 10.0. The van der Waals surface area contributed by atoms with Gasteiger partial charge in [0.15, 0.2) is 0 Å². The molecular weight excluding hydrogens is 448 g/mol. The van der Waals surface area contributed by atoms with E-state index in [1.807, 2.05) is 40.1 Å². The van der Waals surface area contributed by atoms with Gasteiger partial charge in [0.05, 0.1) is 6.54 Å². The summed E-state index contributed by atoms with van der Waals surface area (Å²) in [5, 5.41) is 9.06. The van der Waals surface area contributed by atoms with Crippen LogP contribution >= 0.6 is 0 Å². The zero-order valence-corrected chi connectivity index (χ0v) is 19.6. The fraction of sp³-hybridized carbons (Fsp3) is 0.423. The second-order valence-electron chi connectivity index (χ2n) is 9.34. The number of nitrogens with zero attached hydrogens (tertiary/aromatic N) is 4. The Morgan fingerprint density at radius 3 is 1.97 bits per heavy atom. The average Bonchev–Trinajstić information content (AvgIpc) is 3.33. The van der Waals surface area contributed by atoms with Crippen molar-refractivity contribution in [1.82, 2.24) is 19.6 Å². The number of hydrogen-bond donors (Lipinski definition) is 1. The van der Waals surface area contributed by atoms with Crippen LogP contribution in [0.5, 0.6) is 5.75 Å². The maximum absolute atomic E-state index is 12.9. The normalized spacial score (nSPS) is 21.0. The standard InChI is InChI=1S/C26H30N4O5/c31-24(19-4-2-1-3-5-19)28-14-12-27(13-15-28)21-16-30(17-21)25(32)20-6-8-22(9-7-20)35-23-10-11-29(18-23)26(33)34/h1-9,21,23H,10-18H2,(H,33,34)/t23-/m0/s1. The lowest BCUT2D eigenvalue weighted by Gasteiger charge is -2.48. The number of rotatable bonds is 5. The number of ether oxygens (including phenoxy) is 1. The zero-order chi connectivity index (χ0) is 24.4. The van der Waals surface area contributed by atoms with Gasteiger partial charge < -0.3 is 24.5 Å². The number of amides is 3. The Balaban J connectivity index is 1.06. The highest BCUT2D eigenvalue weighted by molar-refractivity contribution is 5.95. The molecule has 0 aromatic heterocycles. The molecular formula is C26H30N4O5. The number of carboxylic acid groups (broad SMARTS) is 1. The van der Waals surface area contributed by atoms with Crippen LogP contribution in [0.25, 0.3) is 0 Å². The van der Waals surface area contributed by atoms with Gasteiger partial charge in [0.25, 0.3) is 11.8 Å². The number of likely N-dealkylation sites (tertiary alicyclic amines) is 2. The Morgan fingerprint density at radius 2 is 1.34 bits per heavy atom. The molecule has 1 atom stereocenters. The third kappa shape index (κ3) is 5.09. The second-order valence-corrected chi connectivity index (χ2v) is 9.34. The van der Waals surface area contributed by atoms with Gasteiger partial charge >= 0.3 is 6.09 Å². The zero-order valence-electron chi connectivity index (χ0n) is 19.6. The number of hydrogen-bond acceptors (Lipinski definition) is 5. The predicted molar refractivity (Wildman–Crippen MR) is 129 cm³/mol. The monoisotopic (exact) mass is 478 g/mol. The topological polar surface area (TPSA) is 93.6 Å². The van der Waals surface area contributed by atoms with E-state index in [-0.39, 0.29) is 17.9 Å². The van der Waals surface area contributed by atoms with Crippen LogP contribution in [-0.2, 0) is 0 Å². The Hall–Kier alpha value is -3.59. The Bertz CT molecular complexity index is 1060. The van der Waals surface area contributed by atoms with Crippen LogP contribution in [0.3, 0.4) is 0 Å². The first-order valence-corrected chi connectivity index (χ1v) is 12.1. The van der Waals surface area contributed by atoms with Crippen LogP contribution in [0.1, 0.15) is 27.1 Å². The molecule has 0 radical (unpaired) electrons. The van der Waals surface area contributed by atoms with Crippen molar-refractivity contribution >= 4 is 17.9 Å². The summed E-state index contributed by atoms with van der Waals surface area (Å²) in [6.07, 6.45) is -0.420. The first-order valence-electron chi connectivity index (χ1n) is 12.1. The van der Waals surface area contributed by atoms with E-state index in [9.17, 15) is 14.4 Å². The molecule has 3 fully saturated rings. The largest absolute Gasteiger partial charge is 0.489 e. The Labute approximate surface area is 204 Å². The highest BCUT2D eigenvalue weighted by atomic mass is 16.5. The van der Waals surface area contributed by atoms with Gasteiger partial charge in [-0.15, -0.1) is 0 Å². The molecule has 0 unspecified atom stereocenters. The molecule has 0 aliphatic carbocycles. The summed E-state index contributed by atoms with van der Waals surface area (Å²) in [5.41, 5.74) is 1.34. The number of carbonyl (C=O) groups excluding carboxylic acids is 2. The second kappa shape index (κ2) is 9.95. The quantitative estimate of drug-likeness (QED) is 0.708. The van der Waals surface area contributed by atoms with Crippen molar-refractivity contribution in [3.05, 3.63) is 65.7 Å². The fourth-order valence-electron chi connectivity index (χ4n) is 4.95. The molecule has 3 saturated heterocycles. The molecule has 1 N–H and O–H groups in total. The van der Waals surface area contributed by atoms with Gasteiger partial charge in [-0.05, 0) is 36.4 Å². The van der Waals surface area contributed by atoms with Gasteiger partial charge in [0.2, 0.25) is 0 Å². The summed E-state index contributed by atoms with van der Waals surface area (Å²) < 4.78 is 5.88. The van der Waals surface area contributed by atoms with Crippen molar-refractivity contribution in [2.45, 2.75) is 18.6 Å². The summed E-state index contributed by atoms with van der Waals surface area (Å²) in [6, 6.07) is 16.8. The van der Waals surface area contributed by atoms with E-state index in [0.29, 0.717) is 63.0 Å². The Morgan fingerprint density at radius 1 is 0.714 bits per heavy atom. The van der Waals surface area contributed by atoms with Crippen LogP contribution in [0, 0.1) is 0 Å². The molecule has 9 heteroatoms. The first kappa shape index (κ1) is 23.2. The summed E-state index contributed by atoms with van der Waals surface area (Å²) in [5.74, 6) is 0.724. The van der Waals surface area contributed by atoms with E-state index in [2.05, 4.69) is 4.90 Å². The highest BCUT2D eigenvalue weighted by Crippen LogP contribution is 2.23. The molecule has 5 rings (SSSR count). The fourth-order valence-corrected chi connectivity index (χ4v) is 4.95. The molecule has 184 valence electrons. The number of benzene rings is 2. The van der Waals surface area contributed by atoms with Crippen molar-refractivity contribution in [2.75, 3.05) is 52.4 Å². The molecule has 3 heterocycles. The molecule has 0 saturated carbocycles. The van der Waals surface area contributed by atoms with Crippen molar-refractivity contribution in [2.24, 2.45) is 0 Å². The SMILES string of the molecule is O=C(O)N1CC[C@H](Oc2ccc(C(=O)N3CC(N4CCN(C(=O)c5ccccc5)CC4)C3)cc2)C1. The smallest absolute Gasteiger partial charge is 0.407 e. The van der Waals surface area contributed by atoms with Crippen LogP contribution in [0.15, 0.2) is 54.6 Å². The van der Waals surface area contributed by atoms with E-state index < -0.39 is 6.09 Å². The van der Waals surface area contributed by atoms with Gasteiger partial charge in [0.1, 0.15) is 11.9 Å². The van der Waals surface area contributed by atoms with Crippen LogP contribution in [0.2, 0.25) is 0 Å². The van der Waals surface area contributed by atoms with Crippen LogP contribution in [-0.4, -0.2) is 107 Å². The molecule has 3 amide bonds. The number of carbonyl (C=O) groups is 3. The average molecular weight is 479 g/mol. The molecule has 3 aliphatic rings. The van der Waals surface area contributed by atoms with Crippen molar-refractivity contribution in [3.63, 3.8) is 0 Å². The highest BCUT2D eigenvalue weighted by Gasteiger charge is 2.37. The molecule has 35 heavy (non-hydrogen) atoms. The summed E-state index contributed by atoms with van der Waals surface area (Å²) in [4.78, 5) is 44.0. The summed E-state index contributed by atoms with van der Waals surface area (Å²) >= 11 is 0. The molecule has 0 bridgehead atoms. The third-order valence-electron chi connectivity index (χ3n) is 7.11. The third-order valence-corrected chi connectivity index (χ3v) is 7.11. The molecule has 0 spiro atoms. The summed E-state index contributed by atoms with van der Waals surface area (Å²) in [6.45, 7) is 5.25. The van der Waals surface area contributed by atoms with E-state index in [1.165, 1.54) is 4.90 Å². The predicted octanol–water partition coefficient (Wildman–Crippen LogP) is 2.10. The lowest BCUT2D eigenvalue weighted by molar-refractivity contribution is 0.00853. The van der Waals surface area contributed by atoms with E-state index >= 15 is 0 Å².